The number of carbonyl (C=O) groups excluding carboxylic acids is 2. The largest absolute Gasteiger partial charge is 0.480 e. The summed E-state index contributed by atoms with van der Waals surface area (Å²) in [5.74, 6) is -2.49. The molecule has 3 atom stereocenters. The van der Waals surface area contributed by atoms with E-state index in [9.17, 15) is 23.8 Å². The smallest absolute Gasteiger partial charge is 0.472 e. The van der Waals surface area contributed by atoms with Crippen LogP contribution in [0, 0.1) is 0 Å². The van der Waals surface area contributed by atoms with E-state index in [0.717, 1.165) is 77.0 Å². The summed E-state index contributed by atoms with van der Waals surface area (Å²) in [4.78, 5) is 45.8. The fraction of sp³-hybridized carbons (Fsp3) is 0.605. The maximum atomic E-state index is 12.6. The molecule has 0 rings (SSSR count). The van der Waals surface area contributed by atoms with Crippen molar-refractivity contribution in [2.45, 2.75) is 148 Å². The van der Waals surface area contributed by atoms with Crippen LogP contribution in [0.3, 0.4) is 0 Å². The number of hydrogen-bond donors (Lipinski definition) is 3. The monoisotopic (exact) mass is 791 g/mol. The first-order chi connectivity index (χ1) is 26.6. The third-order valence-electron chi connectivity index (χ3n) is 7.88. The molecule has 0 aromatic carbocycles. The van der Waals surface area contributed by atoms with Crippen LogP contribution in [0.2, 0.25) is 0 Å². The predicted octanol–water partition coefficient (Wildman–Crippen LogP) is 10.3. The second-order valence-electron chi connectivity index (χ2n) is 13.0. The molecule has 0 saturated heterocycles. The van der Waals surface area contributed by atoms with Crippen molar-refractivity contribution in [3.8, 4) is 0 Å². The van der Waals surface area contributed by atoms with Crippen molar-refractivity contribution in [2.24, 2.45) is 5.73 Å². The summed E-state index contributed by atoms with van der Waals surface area (Å²) in [6.07, 6.45) is 45.1. The van der Waals surface area contributed by atoms with Gasteiger partial charge >= 0.3 is 25.7 Å². The summed E-state index contributed by atoms with van der Waals surface area (Å²) in [5.41, 5.74) is 5.32. The molecule has 1 unspecified atom stereocenters. The molecular formula is C43H70NO10P. The first kappa shape index (κ1) is 51.7. The second-order valence-corrected chi connectivity index (χ2v) is 14.5. The Morgan fingerprint density at radius 1 is 0.582 bits per heavy atom. The van der Waals surface area contributed by atoms with E-state index in [1.165, 1.54) is 12.8 Å². The number of nitrogens with two attached hydrogens (primary N) is 1. The zero-order valence-corrected chi connectivity index (χ0v) is 34.4. The summed E-state index contributed by atoms with van der Waals surface area (Å²) in [7, 11) is -4.73. The fourth-order valence-corrected chi connectivity index (χ4v) is 5.48. The van der Waals surface area contributed by atoms with Crippen LogP contribution >= 0.6 is 7.82 Å². The average Bonchev–Trinajstić information content (AvgIpc) is 3.16. The average molecular weight is 792 g/mol. The summed E-state index contributed by atoms with van der Waals surface area (Å²) >= 11 is 0. The lowest BCUT2D eigenvalue weighted by Gasteiger charge is -2.20. The van der Waals surface area contributed by atoms with Crippen molar-refractivity contribution in [1.29, 1.82) is 0 Å². The molecule has 0 amide bonds. The van der Waals surface area contributed by atoms with Gasteiger partial charge < -0.3 is 25.2 Å². The maximum absolute atomic E-state index is 12.6. The topological polar surface area (TPSA) is 172 Å². The number of phosphoric acid groups is 1. The van der Waals surface area contributed by atoms with Gasteiger partial charge in [-0.2, -0.15) is 0 Å². The maximum Gasteiger partial charge on any atom is 0.472 e. The predicted molar refractivity (Wildman–Crippen MR) is 221 cm³/mol. The number of phosphoric ester groups is 1. The summed E-state index contributed by atoms with van der Waals surface area (Å²) in [6.45, 7) is 2.54. The van der Waals surface area contributed by atoms with E-state index in [-0.39, 0.29) is 19.4 Å². The van der Waals surface area contributed by atoms with Crippen molar-refractivity contribution in [1.82, 2.24) is 0 Å². The van der Waals surface area contributed by atoms with E-state index in [0.29, 0.717) is 19.3 Å². The Morgan fingerprint density at radius 2 is 1.04 bits per heavy atom. The number of ether oxygens (including phenoxy) is 2. The van der Waals surface area contributed by atoms with Crippen LogP contribution in [-0.2, 0) is 37.5 Å². The van der Waals surface area contributed by atoms with E-state index in [2.05, 4.69) is 91.3 Å². The van der Waals surface area contributed by atoms with Gasteiger partial charge in [0.05, 0.1) is 13.2 Å². The zero-order valence-electron chi connectivity index (χ0n) is 33.5. The Balaban J connectivity index is 4.55. The van der Waals surface area contributed by atoms with Crippen molar-refractivity contribution in [3.05, 3.63) is 85.1 Å². The lowest BCUT2D eigenvalue weighted by Crippen LogP contribution is -2.34. The van der Waals surface area contributed by atoms with Gasteiger partial charge in [-0.3, -0.25) is 23.4 Å². The van der Waals surface area contributed by atoms with Crippen LogP contribution in [0.5, 0.6) is 0 Å². The summed E-state index contributed by atoms with van der Waals surface area (Å²) in [6, 6.07) is -1.53. The summed E-state index contributed by atoms with van der Waals surface area (Å²) in [5, 5.41) is 8.87. The first-order valence-electron chi connectivity index (χ1n) is 20.1. The standard InChI is InChI=1S/C43H70NO10P/c1-3-5-7-9-11-13-15-17-19-20-21-23-24-26-28-30-32-34-41(45)51-36-39(37-52-55(49,50)53-38-40(44)43(47)48)54-42(46)35-33-31-29-27-25-22-18-16-14-12-10-8-6-4-2/h5,7,10-13,16-19,21,23,26,28,39-40H,3-4,6,8-9,14-15,20,22,24-25,27,29-38,44H2,1-2H3,(H,47,48)(H,49,50)/b7-5-,12-10-,13-11-,18-16-,19-17-,23-21-,28-26-/t39-,40+/m1/s1. The number of carboxylic acids is 1. The number of unbranched alkanes of at least 4 members (excludes halogenated alkanes) is 8. The van der Waals surface area contributed by atoms with E-state index >= 15 is 0 Å². The molecule has 312 valence electrons. The van der Waals surface area contributed by atoms with Crippen molar-refractivity contribution in [3.63, 3.8) is 0 Å². The van der Waals surface area contributed by atoms with Crippen LogP contribution in [0.4, 0.5) is 0 Å². The van der Waals surface area contributed by atoms with Gasteiger partial charge in [0, 0.05) is 12.8 Å². The molecule has 0 aromatic heterocycles. The molecule has 0 aromatic rings. The normalized spacial score (nSPS) is 14.7. The number of esters is 2. The number of carboxylic acid groups (broad SMARTS) is 1. The number of hydrogen-bond acceptors (Lipinski definition) is 9. The fourth-order valence-electron chi connectivity index (χ4n) is 4.70. The van der Waals surface area contributed by atoms with Crippen LogP contribution in [-0.4, -0.2) is 59.9 Å². The highest BCUT2D eigenvalue weighted by Crippen LogP contribution is 2.43. The van der Waals surface area contributed by atoms with Crippen LogP contribution < -0.4 is 5.73 Å². The van der Waals surface area contributed by atoms with E-state index in [4.69, 9.17) is 24.8 Å². The van der Waals surface area contributed by atoms with Gasteiger partial charge in [0.1, 0.15) is 12.6 Å². The van der Waals surface area contributed by atoms with Crippen molar-refractivity contribution >= 4 is 25.7 Å². The highest BCUT2D eigenvalue weighted by molar-refractivity contribution is 7.47. The lowest BCUT2D eigenvalue weighted by atomic mass is 10.1. The molecule has 0 bridgehead atoms. The van der Waals surface area contributed by atoms with Crippen molar-refractivity contribution in [2.75, 3.05) is 19.8 Å². The Bertz CT molecular complexity index is 1250. The van der Waals surface area contributed by atoms with Gasteiger partial charge in [0.25, 0.3) is 0 Å². The minimum absolute atomic E-state index is 0.128. The molecule has 0 aliphatic heterocycles. The number of aliphatic carboxylic acids is 1. The Hall–Kier alpha value is -3.34. The minimum Gasteiger partial charge on any atom is -0.480 e. The third-order valence-corrected chi connectivity index (χ3v) is 8.83. The Labute approximate surface area is 331 Å². The van der Waals surface area contributed by atoms with Gasteiger partial charge in [0.15, 0.2) is 6.10 Å². The third kappa shape index (κ3) is 37.4. The molecule has 0 saturated carbocycles. The second kappa shape index (κ2) is 37.6. The van der Waals surface area contributed by atoms with E-state index in [1.54, 1.807) is 0 Å². The minimum atomic E-state index is -4.73. The zero-order chi connectivity index (χ0) is 40.7. The molecule has 4 N–H and O–H groups in total. The lowest BCUT2D eigenvalue weighted by molar-refractivity contribution is -0.161. The number of carbonyl (C=O) groups is 3. The molecule has 0 heterocycles. The highest BCUT2D eigenvalue weighted by atomic mass is 31.2. The molecule has 12 heteroatoms. The van der Waals surface area contributed by atoms with Gasteiger partial charge in [-0.1, -0.05) is 131 Å². The van der Waals surface area contributed by atoms with Gasteiger partial charge in [-0.05, 0) is 77.0 Å². The summed E-state index contributed by atoms with van der Waals surface area (Å²) < 4.78 is 32.5. The number of allylic oxidation sites excluding steroid dienone is 14. The molecule has 0 aliphatic rings. The molecule has 0 fully saturated rings. The molecular weight excluding hydrogens is 721 g/mol. The molecule has 55 heavy (non-hydrogen) atoms. The Kier molecular flexibility index (Phi) is 35.3. The molecule has 0 aliphatic carbocycles. The SMILES string of the molecule is CC/C=C\C/C=C\C/C=C\C/C=C\C/C=C\CCCC(=O)OC[C@H](COP(=O)(O)OC[C@H](N)C(=O)O)OC(=O)CCCCCCC/C=C\C/C=C\CCCC. The van der Waals surface area contributed by atoms with Crippen LogP contribution in [0.15, 0.2) is 85.1 Å². The molecule has 0 radical (unpaired) electrons. The molecule has 0 spiro atoms. The van der Waals surface area contributed by atoms with E-state index in [1.807, 2.05) is 12.2 Å². The highest BCUT2D eigenvalue weighted by Gasteiger charge is 2.28. The van der Waals surface area contributed by atoms with E-state index < -0.39 is 51.1 Å². The van der Waals surface area contributed by atoms with Crippen LogP contribution in [0.25, 0.3) is 0 Å². The van der Waals surface area contributed by atoms with Crippen LogP contribution in [0.1, 0.15) is 136 Å². The quantitative estimate of drug-likeness (QED) is 0.0239. The van der Waals surface area contributed by atoms with Crippen molar-refractivity contribution < 1.29 is 47.5 Å². The van der Waals surface area contributed by atoms with Gasteiger partial charge in [0.2, 0.25) is 0 Å². The van der Waals surface area contributed by atoms with Gasteiger partial charge in [-0.25, -0.2) is 4.57 Å². The van der Waals surface area contributed by atoms with Gasteiger partial charge in [-0.15, -0.1) is 0 Å². The number of rotatable bonds is 36. The first-order valence-corrected chi connectivity index (χ1v) is 21.6. The Morgan fingerprint density at radius 3 is 1.58 bits per heavy atom. The molecule has 11 nitrogen and oxygen atoms in total.